The molecular weight excluding hydrogens is 198 g/mol. The third-order valence-electron chi connectivity index (χ3n) is 2.17. The van der Waals surface area contributed by atoms with Crippen LogP contribution in [0.3, 0.4) is 0 Å². The highest BCUT2D eigenvalue weighted by molar-refractivity contribution is 7.99. The second-order valence-electron chi connectivity index (χ2n) is 4.02. The van der Waals surface area contributed by atoms with Crippen LogP contribution >= 0.6 is 11.8 Å². The highest BCUT2D eigenvalue weighted by atomic mass is 32.2. The summed E-state index contributed by atoms with van der Waals surface area (Å²) in [5.74, 6) is 0.345. The van der Waals surface area contributed by atoms with Crippen LogP contribution in [0.4, 0.5) is 0 Å². The summed E-state index contributed by atoms with van der Waals surface area (Å²) in [5.41, 5.74) is 5.45. The van der Waals surface area contributed by atoms with Crippen molar-refractivity contribution in [3.8, 4) is 0 Å². The van der Waals surface area contributed by atoms with Crippen molar-refractivity contribution in [2.24, 2.45) is 16.8 Å². The molecule has 0 aromatic carbocycles. The molecule has 84 valence electrons. The van der Waals surface area contributed by atoms with Crippen molar-refractivity contribution >= 4 is 17.6 Å². The number of hydrogen-bond acceptors (Lipinski definition) is 4. The molecule has 5 heteroatoms. The van der Waals surface area contributed by atoms with Crippen LogP contribution in [0.1, 0.15) is 20.8 Å². The summed E-state index contributed by atoms with van der Waals surface area (Å²) in [5, 5.41) is 14.7. The van der Waals surface area contributed by atoms with Gasteiger partial charge in [-0.15, -0.1) is 0 Å². The van der Waals surface area contributed by atoms with E-state index >= 15 is 0 Å². The van der Waals surface area contributed by atoms with E-state index in [9.17, 15) is 0 Å². The van der Waals surface area contributed by atoms with Gasteiger partial charge in [0, 0.05) is 23.8 Å². The largest absolute Gasteiger partial charge is 0.409 e. The Bertz CT molecular complexity index is 194. The Morgan fingerprint density at radius 2 is 2.21 bits per heavy atom. The van der Waals surface area contributed by atoms with Gasteiger partial charge in [0.25, 0.3) is 0 Å². The first-order valence-electron chi connectivity index (χ1n) is 4.66. The number of rotatable bonds is 6. The van der Waals surface area contributed by atoms with E-state index in [1.165, 1.54) is 0 Å². The molecule has 0 bridgehead atoms. The predicted molar refractivity (Wildman–Crippen MR) is 63.0 cm³/mol. The lowest BCUT2D eigenvalue weighted by molar-refractivity contribution is 0.314. The number of nitrogens with zero attached hydrogens (tertiary/aromatic N) is 1. The highest BCUT2D eigenvalue weighted by Crippen LogP contribution is 2.19. The molecule has 0 aliphatic rings. The normalized spacial score (nSPS) is 15.6. The quantitative estimate of drug-likeness (QED) is 0.271. The third-order valence-corrected chi connectivity index (χ3v) is 3.42. The molecule has 0 amide bonds. The molecule has 0 fully saturated rings. The minimum absolute atomic E-state index is 0.0673. The zero-order valence-corrected chi connectivity index (χ0v) is 10.2. The number of nitrogens with two attached hydrogens (primary N) is 1. The number of nitrogens with one attached hydrogen (secondary N) is 1. The molecule has 14 heavy (non-hydrogen) atoms. The molecule has 0 heterocycles. The zero-order valence-electron chi connectivity index (χ0n) is 9.37. The Labute approximate surface area is 90.3 Å². The number of oxime groups is 1. The summed E-state index contributed by atoms with van der Waals surface area (Å²) in [4.78, 5) is 0. The maximum Gasteiger partial charge on any atom is 0.143 e. The van der Waals surface area contributed by atoms with Crippen molar-refractivity contribution in [1.29, 1.82) is 0 Å². The van der Waals surface area contributed by atoms with Gasteiger partial charge >= 0.3 is 0 Å². The van der Waals surface area contributed by atoms with Crippen LogP contribution in [0.15, 0.2) is 5.16 Å². The van der Waals surface area contributed by atoms with Crippen LogP contribution in [-0.4, -0.2) is 35.1 Å². The average molecular weight is 219 g/mol. The lowest BCUT2D eigenvalue weighted by Crippen LogP contribution is -2.37. The van der Waals surface area contributed by atoms with E-state index in [1.807, 2.05) is 18.7 Å². The first-order chi connectivity index (χ1) is 6.43. The molecule has 0 spiro atoms. The van der Waals surface area contributed by atoms with Crippen LogP contribution in [-0.2, 0) is 0 Å². The lowest BCUT2D eigenvalue weighted by Gasteiger charge is -2.23. The van der Waals surface area contributed by atoms with Crippen LogP contribution in [0.25, 0.3) is 0 Å². The molecule has 0 rings (SSSR count). The van der Waals surface area contributed by atoms with Gasteiger partial charge in [0.15, 0.2) is 0 Å². The molecule has 4 N–H and O–H groups in total. The van der Waals surface area contributed by atoms with Crippen LogP contribution in [0.2, 0.25) is 0 Å². The Balaban J connectivity index is 3.75. The zero-order chi connectivity index (χ0) is 11.2. The van der Waals surface area contributed by atoms with Gasteiger partial charge in [-0.2, -0.15) is 11.8 Å². The van der Waals surface area contributed by atoms with E-state index in [0.717, 1.165) is 13.1 Å². The Kier molecular flexibility index (Phi) is 5.95. The van der Waals surface area contributed by atoms with Crippen molar-refractivity contribution in [1.82, 2.24) is 5.32 Å². The minimum Gasteiger partial charge on any atom is -0.409 e. The van der Waals surface area contributed by atoms with Gasteiger partial charge in [0.05, 0.1) is 0 Å². The smallest absolute Gasteiger partial charge is 0.143 e. The first-order valence-corrected chi connectivity index (χ1v) is 5.88. The van der Waals surface area contributed by atoms with E-state index < -0.39 is 0 Å². The molecule has 1 atom stereocenters. The van der Waals surface area contributed by atoms with Gasteiger partial charge in [0.2, 0.25) is 0 Å². The minimum atomic E-state index is 0.0673. The monoisotopic (exact) mass is 219 g/mol. The van der Waals surface area contributed by atoms with Crippen molar-refractivity contribution in [3.63, 3.8) is 0 Å². The first kappa shape index (κ1) is 13.6. The number of amidine groups is 1. The molecule has 0 saturated heterocycles. The number of hydrogen-bond donors (Lipinski definition) is 3. The fourth-order valence-electron chi connectivity index (χ4n) is 0.865. The Morgan fingerprint density at radius 1 is 1.64 bits per heavy atom. The van der Waals surface area contributed by atoms with Crippen molar-refractivity contribution in [2.45, 2.75) is 25.5 Å². The topological polar surface area (TPSA) is 70.6 Å². The molecule has 1 unspecified atom stereocenters. The predicted octanol–water partition coefficient (Wildman–Crippen LogP) is 1.10. The van der Waals surface area contributed by atoms with Crippen LogP contribution < -0.4 is 11.1 Å². The van der Waals surface area contributed by atoms with Crippen molar-refractivity contribution < 1.29 is 5.21 Å². The van der Waals surface area contributed by atoms with Gasteiger partial charge in [0.1, 0.15) is 5.84 Å². The molecular formula is C9H21N3OS. The lowest BCUT2D eigenvalue weighted by atomic mass is 10.1. The van der Waals surface area contributed by atoms with E-state index in [1.54, 1.807) is 0 Å². The van der Waals surface area contributed by atoms with E-state index in [-0.39, 0.29) is 16.5 Å². The second kappa shape index (κ2) is 6.14. The molecule has 0 aromatic heterocycles. The molecule has 0 radical (unpaired) electrons. The fraction of sp³-hybridized carbons (Fsp3) is 0.889. The van der Waals surface area contributed by atoms with Gasteiger partial charge in [-0.05, 0) is 20.1 Å². The molecule has 0 aromatic rings. The molecule has 0 saturated carbocycles. The fourth-order valence-corrected chi connectivity index (χ4v) is 1.11. The Morgan fingerprint density at radius 3 is 2.64 bits per heavy atom. The summed E-state index contributed by atoms with van der Waals surface area (Å²) in [6, 6.07) is 0. The second-order valence-corrected chi connectivity index (χ2v) is 5.53. The summed E-state index contributed by atoms with van der Waals surface area (Å²) in [6.07, 6.45) is 2.09. The Hall–Kier alpha value is -0.420. The molecule has 0 aliphatic carbocycles. The van der Waals surface area contributed by atoms with Crippen molar-refractivity contribution in [2.75, 3.05) is 19.3 Å². The standard InChI is InChI=1S/C9H21N3OS/c1-7(8(10)12-13)5-11-6-9(2,3)14-4/h7,11,13H,5-6H2,1-4H3,(H2,10,12). The number of thioether (sulfide) groups is 1. The summed E-state index contributed by atoms with van der Waals surface area (Å²) in [6.45, 7) is 7.93. The van der Waals surface area contributed by atoms with E-state index in [2.05, 4.69) is 30.6 Å². The highest BCUT2D eigenvalue weighted by Gasteiger charge is 2.16. The van der Waals surface area contributed by atoms with Crippen LogP contribution in [0, 0.1) is 5.92 Å². The van der Waals surface area contributed by atoms with E-state index in [0.29, 0.717) is 0 Å². The maximum absolute atomic E-state index is 8.44. The van der Waals surface area contributed by atoms with Gasteiger partial charge < -0.3 is 16.3 Å². The van der Waals surface area contributed by atoms with Gasteiger partial charge in [-0.3, -0.25) is 0 Å². The molecule has 4 nitrogen and oxygen atoms in total. The van der Waals surface area contributed by atoms with Crippen molar-refractivity contribution in [3.05, 3.63) is 0 Å². The van der Waals surface area contributed by atoms with Gasteiger partial charge in [-0.25, -0.2) is 0 Å². The van der Waals surface area contributed by atoms with E-state index in [4.69, 9.17) is 10.9 Å². The van der Waals surface area contributed by atoms with Crippen LogP contribution in [0.5, 0.6) is 0 Å². The third kappa shape index (κ3) is 5.34. The summed E-state index contributed by atoms with van der Waals surface area (Å²) in [7, 11) is 0. The SMILES string of the molecule is CSC(C)(C)CNCC(C)C(N)=NO. The summed E-state index contributed by atoms with van der Waals surface area (Å²) >= 11 is 1.82. The molecule has 0 aliphatic heterocycles. The maximum atomic E-state index is 8.44. The summed E-state index contributed by atoms with van der Waals surface area (Å²) < 4.78 is 0.227. The van der Waals surface area contributed by atoms with Gasteiger partial charge in [-0.1, -0.05) is 12.1 Å². The average Bonchev–Trinajstić information content (AvgIpc) is 2.16.